The Kier molecular flexibility index (Phi) is 5.98. The van der Waals surface area contributed by atoms with E-state index < -0.39 is 11.5 Å². The number of anilines is 1. The number of carbonyl (C=O) groups is 2. The van der Waals surface area contributed by atoms with Crippen molar-refractivity contribution in [2.45, 2.75) is 13.0 Å². The van der Waals surface area contributed by atoms with E-state index in [0.29, 0.717) is 0 Å². The molecule has 0 aliphatic carbocycles. The number of ether oxygens (including phenoxy) is 2. The highest BCUT2D eigenvalue weighted by molar-refractivity contribution is 6.32. The first-order chi connectivity index (χ1) is 9.49. The molecule has 0 saturated heterocycles. The molecular formula is C11H14ClN3O5. The zero-order chi connectivity index (χ0) is 15.1. The van der Waals surface area contributed by atoms with E-state index in [9.17, 15) is 14.4 Å². The van der Waals surface area contributed by atoms with Crippen LogP contribution in [0, 0.1) is 0 Å². The molecule has 0 radical (unpaired) electrons. The van der Waals surface area contributed by atoms with Crippen LogP contribution >= 0.6 is 11.6 Å². The monoisotopic (exact) mass is 303 g/mol. The second kappa shape index (κ2) is 7.49. The van der Waals surface area contributed by atoms with Gasteiger partial charge in [0.2, 0.25) is 0 Å². The van der Waals surface area contributed by atoms with Gasteiger partial charge in [-0.05, 0) is 0 Å². The first kappa shape index (κ1) is 16.0. The second-order valence-electron chi connectivity index (χ2n) is 3.66. The van der Waals surface area contributed by atoms with Crippen LogP contribution in [0.3, 0.4) is 0 Å². The molecule has 0 bridgehead atoms. The van der Waals surface area contributed by atoms with Gasteiger partial charge in [-0.25, -0.2) is 4.68 Å². The molecule has 0 spiro atoms. The Labute approximate surface area is 119 Å². The van der Waals surface area contributed by atoms with Gasteiger partial charge in [0.25, 0.3) is 5.56 Å². The number of rotatable bonds is 6. The fourth-order valence-electron chi connectivity index (χ4n) is 1.29. The highest BCUT2D eigenvalue weighted by Gasteiger charge is 2.12. The Morgan fingerprint density at radius 3 is 2.60 bits per heavy atom. The number of halogens is 1. The lowest BCUT2D eigenvalue weighted by Crippen LogP contribution is -2.28. The minimum Gasteiger partial charge on any atom is -0.469 e. The Morgan fingerprint density at radius 1 is 1.35 bits per heavy atom. The van der Waals surface area contributed by atoms with Crippen molar-refractivity contribution in [3.05, 3.63) is 21.6 Å². The van der Waals surface area contributed by atoms with Gasteiger partial charge < -0.3 is 14.8 Å². The van der Waals surface area contributed by atoms with Crippen molar-refractivity contribution < 1.29 is 19.1 Å². The van der Waals surface area contributed by atoms with E-state index in [1.165, 1.54) is 20.4 Å². The van der Waals surface area contributed by atoms with Gasteiger partial charge in [0, 0.05) is 6.54 Å². The third kappa shape index (κ3) is 4.23. The third-order valence-corrected chi connectivity index (χ3v) is 2.73. The lowest BCUT2D eigenvalue weighted by Gasteiger charge is -2.09. The lowest BCUT2D eigenvalue weighted by molar-refractivity contribution is -0.142. The molecule has 9 heteroatoms. The summed E-state index contributed by atoms with van der Waals surface area (Å²) in [5.74, 6) is -0.998. The fourth-order valence-corrected chi connectivity index (χ4v) is 1.50. The van der Waals surface area contributed by atoms with Crippen molar-refractivity contribution in [2.75, 3.05) is 26.1 Å². The Bertz CT molecular complexity index is 557. The quantitative estimate of drug-likeness (QED) is 0.741. The van der Waals surface area contributed by atoms with Crippen LogP contribution in [-0.4, -0.2) is 42.5 Å². The molecule has 0 aliphatic rings. The number of methoxy groups -OCH3 is 2. The first-order valence-electron chi connectivity index (χ1n) is 5.62. The number of nitrogens with zero attached hydrogens (tertiary/aromatic N) is 2. The molecule has 1 aromatic rings. The van der Waals surface area contributed by atoms with Gasteiger partial charge in [0.15, 0.2) is 0 Å². The minimum atomic E-state index is -0.625. The van der Waals surface area contributed by atoms with Crippen LogP contribution in [-0.2, 0) is 25.6 Å². The number of nitrogens with one attached hydrogen (secondary N) is 1. The predicted molar refractivity (Wildman–Crippen MR) is 70.6 cm³/mol. The average Bonchev–Trinajstić information content (AvgIpc) is 2.45. The Balaban J connectivity index is 2.76. The summed E-state index contributed by atoms with van der Waals surface area (Å²) in [5.41, 5.74) is -0.346. The van der Waals surface area contributed by atoms with E-state index in [1.807, 2.05) is 0 Å². The lowest BCUT2D eigenvalue weighted by atomic mass is 10.4. The zero-order valence-corrected chi connectivity index (χ0v) is 11.8. The summed E-state index contributed by atoms with van der Waals surface area (Å²) in [7, 11) is 2.49. The van der Waals surface area contributed by atoms with Crippen molar-refractivity contribution in [3.8, 4) is 0 Å². The van der Waals surface area contributed by atoms with E-state index in [-0.39, 0.29) is 36.2 Å². The fraction of sp³-hybridized carbons (Fsp3) is 0.455. The molecule has 0 saturated carbocycles. The molecule has 0 atom stereocenters. The van der Waals surface area contributed by atoms with E-state index in [2.05, 4.69) is 19.9 Å². The van der Waals surface area contributed by atoms with Gasteiger partial charge in [0.1, 0.15) is 11.6 Å². The van der Waals surface area contributed by atoms with E-state index in [1.54, 1.807) is 0 Å². The van der Waals surface area contributed by atoms with Crippen LogP contribution < -0.4 is 10.9 Å². The third-order valence-electron chi connectivity index (χ3n) is 2.36. The number of hydrogen-bond donors (Lipinski definition) is 1. The Hall–Kier alpha value is -2.09. The van der Waals surface area contributed by atoms with Crippen molar-refractivity contribution in [1.29, 1.82) is 0 Å². The summed E-state index contributed by atoms with van der Waals surface area (Å²) < 4.78 is 9.80. The molecule has 0 aromatic carbocycles. The number of esters is 2. The molecule has 1 N–H and O–H groups in total. The molecule has 0 unspecified atom stereocenters. The molecule has 1 aromatic heterocycles. The molecule has 8 nitrogen and oxygen atoms in total. The minimum absolute atomic E-state index is 0.117. The van der Waals surface area contributed by atoms with Crippen molar-refractivity contribution in [3.63, 3.8) is 0 Å². The summed E-state index contributed by atoms with van der Waals surface area (Å²) in [6, 6.07) is 0. The normalized spacial score (nSPS) is 9.95. The summed E-state index contributed by atoms with van der Waals surface area (Å²) >= 11 is 5.87. The maximum atomic E-state index is 11.8. The van der Waals surface area contributed by atoms with Gasteiger partial charge in [-0.1, -0.05) is 11.6 Å². The molecule has 20 heavy (non-hydrogen) atoms. The summed E-state index contributed by atoms with van der Waals surface area (Å²) in [6.07, 6.45) is 1.42. The summed E-state index contributed by atoms with van der Waals surface area (Å²) in [4.78, 5) is 33.8. The zero-order valence-electron chi connectivity index (χ0n) is 11.0. The summed E-state index contributed by atoms with van der Waals surface area (Å²) in [5, 5.41) is 6.46. The maximum absolute atomic E-state index is 11.8. The first-order valence-corrected chi connectivity index (χ1v) is 6.00. The van der Waals surface area contributed by atoms with Crippen molar-refractivity contribution in [1.82, 2.24) is 9.78 Å². The van der Waals surface area contributed by atoms with Gasteiger partial charge in [-0.2, -0.15) is 5.10 Å². The molecule has 1 heterocycles. The standard InChI is InChI=1S/C11H14ClN3O5/c1-19-8(16)3-4-13-7-5-14-15(6-9(17)20-2)11(18)10(7)12/h5,13H,3-4,6H2,1-2H3. The highest BCUT2D eigenvalue weighted by Crippen LogP contribution is 2.14. The van der Waals surface area contributed by atoms with Crippen molar-refractivity contribution >= 4 is 29.2 Å². The average molecular weight is 304 g/mol. The van der Waals surface area contributed by atoms with Gasteiger partial charge >= 0.3 is 11.9 Å². The smallest absolute Gasteiger partial charge is 0.327 e. The van der Waals surface area contributed by atoms with Crippen molar-refractivity contribution in [2.24, 2.45) is 0 Å². The number of aromatic nitrogens is 2. The van der Waals surface area contributed by atoms with Gasteiger partial charge in [0.05, 0.1) is 32.5 Å². The predicted octanol–water partition coefficient (Wildman–Crippen LogP) is 0.0447. The van der Waals surface area contributed by atoms with E-state index >= 15 is 0 Å². The highest BCUT2D eigenvalue weighted by atomic mass is 35.5. The second-order valence-corrected chi connectivity index (χ2v) is 4.04. The van der Waals surface area contributed by atoms with Crippen LogP contribution in [0.5, 0.6) is 0 Å². The Morgan fingerprint density at radius 2 is 2.00 bits per heavy atom. The molecule has 0 amide bonds. The van der Waals surface area contributed by atoms with Crippen LogP contribution in [0.1, 0.15) is 6.42 Å². The van der Waals surface area contributed by atoms with E-state index in [0.717, 1.165) is 4.68 Å². The number of hydrogen-bond acceptors (Lipinski definition) is 7. The maximum Gasteiger partial charge on any atom is 0.327 e. The van der Waals surface area contributed by atoms with Crippen LogP contribution in [0.2, 0.25) is 5.02 Å². The van der Waals surface area contributed by atoms with E-state index in [4.69, 9.17) is 11.6 Å². The SMILES string of the molecule is COC(=O)CCNc1cnn(CC(=O)OC)c(=O)c1Cl. The van der Waals surface area contributed by atoms with Gasteiger partial charge in [-0.15, -0.1) is 0 Å². The van der Waals surface area contributed by atoms with Crippen LogP contribution in [0.4, 0.5) is 5.69 Å². The molecular weight excluding hydrogens is 290 g/mol. The number of carbonyl (C=O) groups excluding carboxylic acids is 2. The molecule has 0 fully saturated rings. The molecule has 110 valence electrons. The topological polar surface area (TPSA) is 99.5 Å². The largest absolute Gasteiger partial charge is 0.469 e. The van der Waals surface area contributed by atoms with Crippen LogP contribution in [0.25, 0.3) is 0 Å². The molecule has 0 aliphatic heterocycles. The molecule has 1 rings (SSSR count). The summed E-state index contributed by atoms with van der Waals surface area (Å²) in [6.45, 7) is -0.0774. The van der Waals surface area contributed by atoms with Crippen LogP contribution in [0.15, 0.2) is 11.0 Å². The van der Waals surface area contributed by atoms with Gasteiger partial charge in [-0.3, -0.25) is 14.4 Å².